The van der Waals surface area contributed by atoms with Crippen molar-refractivity contribution in [1.82, 2.24) is 10.3 Å². The van der Waals surface area contributed by atoms with Crippen molar-refractivity contribution in [1.29, 1.82) is 0 Å². The summed E-state index contributed by atoms with van der Waals surface area (Å²) in [6, 6.07) is 10.1. The summed E-state index contributed by atoms with van der Waals surface area (Å²) in [5, 5.41) is 4.52. The van der Waals surface area contributed by atoms with Gasteiger partial charge in [-0.3, -0.25) is 4.79 Å². The molecular weight excluding hydrogens is 224 g/mol. The fourth-order valence-corrected chi connectivity index (χ4v) is 2.80. The number of hydrogen-bond acceptors (Lipinski definition) is 2. The summed E-state index contributed by atoms with van der Waals surface area (Å²) in [6.07, 6.45) is 3.31. The third kappa shape index (κ3) is 2.18. The van der Waals surface area contributed by atoms with Gasteiger partial charge in [0.1, 0.15) is 0 Å². The maximum Gasteiger partial charge on any atom is 0.251 e. The Balaban J connectivity index is 2.04. The average molecular weight is 242 g/mol. The first-order valence-corrected chi connectivity index (χ1v) is 6.67. The summed E-state index contributed by atoms with van der Waals surface area (Å²) < 4.78 is 0. The second-order valence-electron chi connectivity index (χ2n) is 5.02. The highest BCUT2D eigenvalue weighted by Gasteiger charge is 2.17. The van der Waals surface area contributed by atoms with E-state index in [-0.39, 0.29) is 5.56 Å². The topological polar surface area (TPSA) is 44.9 Å². The second kappa shape index (κ2) is 4.94. The predicted octanol–water partition coefficient (Wildman–Crippen LogP) is 2.39. The molecule has 2 aromatic rings. The Kier molecular flexibility index (Phi) is 3.15. The number of aromatic amines is 1. The number of rotatable bonds is 1. The molecule has 3 nitrogen and oxygen atoms in total. The van der Waals surface area contributed by atoms with E-state index >= 15 is 0 Å². The van der Waals surface area contributed by atoms with Crippen LogP contribution < -0.4 is 10.9 Å². The molecule has 18 heavy (non-hydrogen) atoms. The van der Waals surface area contributed by atoms with Gasteiger partial charge in [0.25, 0.3) is 5.56 Å². The lowest BCUT2D eigenvalue weighted by molar-refractivity contribution is 0.604. The second-order valence-corrected chi connectivity index (χ2v) is 5.02. The summed E-state index contributed by atoms with van der Waals surface area (Å²) >= 11 is 0. The Morgan fingerprint density at radius 2 is 2.00 bits per heavy atom. The van der Waals surface area contributed by atoms with E-state index < -0.39 is 0 Å². The minimum atomic E-state index is 0.0839. The minimum absolute atomic E-state index is 0.0839. The Hall–Kier alpha value is -1.61. The van der Waals surface area contributed by atoms with E-state index in [2.05, 4.69) is 22.4 Å². The molecule has 3 rings (SSSR count). The SMILES string of the molecule is O=c1[nH]c2ccccc2cc1C1CCCNCC1. The fraction of sp³-hybridized carbons (Fsp3) is 0.400. The zero-order valence-corrected chi connectivity index (χ0v) is 10.4. The summed E-state index contributed by atoms with van der Waals surface area (Å²) in [4.78, 5) is 15.2. The maximum absolute atomic E-state index is 12.2. The number of benzene rings is 1. The van der Waals surface area contributed by atoms with Crippen LogP contribution in [0, 0.1) is 0 Å². The highest BCUT2D eigenvalue weighted by atomic mass is 16.1. The number of para-hydroxylation sites is 1. The molecule has 0 spiro atoms. The van der Waals surface area contributed by atoms with Crippen LogP contribution in [0.4, 0.5) is 0 Å². The lowest BCUT2D eigenvalue weighted by atomic mass is 9.92. The number of H-pyrrole nitrogens is 1. The Bertz CT molecular complexity index is 595. The third-order valence-electron chi connectivity index (χ3n) is 3.80. The highest BCUT2D eigenvalue weighted by Crippen LogP contribution is 2.25. The molecule has 2 N–H and O–H groups in total. The van der Waals surface area contributed by atoms with Gasteiger partial charge < -0.3 is 10.3 Å². The van der Waals surface area contributed by atoms with Crippen molar-refractivity contribution in [3.05, 3.63) is 46.2 Å². The fourth-order valence-electron chi connectivity index (χ4n) is 2.80. The van der Waals surface area contributed by atoms with Crippen LogP contribution in [0.25, 0.3) is 10.9 Å². The Morgan fingerprint density at radius 3 is 2.94 bits per heavy atom. The van der Waals surface area contributed by atoms with Gasteiger partial charge in [-0.2, -0.15) is 0 Å². The van der Waals surface area contributed by atoms with Crippen LogP contribution in [0.2, 0.25) is 0 Å². The van der Waals surface area contributed by atoms with Crippen LogP contribution in [-0.2, 0) is 0 Å². The number of pyridine rings is 1. The van der Waals surface area contributed by atoms with Gasteiger partial charge in [0.15, 0.2) is 0 Å². The molecule has 0 bridgehead atoms. The summed E-state index contributed by atoms with van der Waals surface area (Å²) in [5.41, 5.74) is 1.97. The zero-order chi connectivity index (χ0) is 12.4. The van der Waals surface area contributed by atoms with E-state index in [0.717, 1.165) is 48.8 Å². The zero-order valence-electron chi connectivity index (χ0n) is 10.4. The van der Waals surface area contributed by atoms with Crippen LogP contribution in [0.15, 0.2) is 35.1 Å². The molecule has 1 aromatic carbocycles. The maximum atomic E-state index is 12.2. The molecule has 94 valence electrons. The molecule has 0 aliphatic carbocycles. The largest absolute Gasteiger partial charge is 0.322 e. The van der Waals surface area contributed by atoms with Gasteiger partial charge in [-0.05, 0) is 55.8 Å². The highest BCUT2D eigenvalue weighted by molar-refractivity contribution is 5.78. The van der Waals surface area contributed by atoms with Crippen molar-refractivity contribution in [2.24, 2.45) is 0 Å². The summed E-state index contributed by atoms with van der Waals surface area (Å²) in [6.45, 7) is 2.08. The normalized spacial score (nSPS) is 20.8. The van der Waals surface area contributed by atoms with Gasteiger partial charge in [0.2, 0.25) is 0 Å². The number of aromatic nitrogens is 1. The first kappa shape index (κ1) is 11.5. The van der Waals surface area contributed by atoms with Crippen molar-refractivity contribution in [2.75, 3.05) is 13.1 Å². The average Bonchev–Trinajstić information content (AvgIpc) is 2.66. The van der Waals surface area contributed by atoms with E-state index in [0.29, 0.717) is 5.92 Å². The molecule has 1 aromatic heterocycles. The molecule has 2 heterocycles. The predicted molar refractivity (Wildman–Crippen MR) is 74.0 cm³/mol. The van der Waals surface area contributed by atoms with Crippen molar-refractivity contribution >= 4 is 10.9 Å². The monoisotopic (exact) mass is 242 g/mol. The van der Waals surface area contributed by atoms with E-state index in [9.17, 15) is 4.79 Å². The molecule has 0 radical (unpaired) electrons. The van der Waals surface area contributed by atoms with Crippen LogP contribution in [-0.4, -0.2) is 18.1 Å². The molecule has 0 saturated carbocycles. The van der Waals surface area contributed by atoms with Gasteiger partial charge in [-0.1, -0.05) is 18.2 Å². The van der Waals surface area contributed by atoms with E-state index in [1.165, 1.54) is 0 Å². The quantitative estimate of drug-likeness (QED) is 0.806. The number of nitrogens with one attached hydrogen (secondary N) is 2. The molecule has 1 fully saturated rings. The molecule has 1 unspecified atom stereocenters. The lowest BCUT2D eigenvalue weighted by Crippen LogP contribution is -2.18. The summed E-state index contributed by atoms with van der Waals surface area (Å²) in [7, 11) is 0. The third-order valence-corrected chi connectivity index (χ3v) is 3.80. The van der Waals surface area contributed by atoms with Gasteiger partial charge in [-0.25, -0.2) is 0 Å². The van der Waals surface area contributed by atoms with Gasteiger partial charge >= 0.3 is 0 Å². The van der Waals surface area contributed by atoms with Gasteiger partial charge in [-0.15, -0.1) is 0 Å². The number of hydrogen-bond donors (Lipinski definition) is 2. The first-order valence-electron chi connectivity index (χ1n) is 6.67. The smallest absolute Gasteiger partial charge is 0.251 e. The Morgan fingerprint density at radius 1 is 1.11 bits per heavy atom. The molecule has 1 aliphatic heterocycles. The Labute approximate surface area is 106 Å². The molecular formula is C15H18N2O. The molecule has 1 saturated heterocycles. The van der Waals surface area contributed by atoms with Gasteiger partial charge in [0, 0.05) is 11.1 Å². The van der Waals surface area contributed by atoms with Crippen LogP contribution in [0.5, 0.6) is 0 Å². The van der Waals surface area contributed by atoms with Crippen molar-refractivity contribution < 1.29 is 0 Å². The van der Waals surface area contributed by atoms with Crippen molar-refractivity contribution in [3.8, 4) is 0 Å². The van der Waals surface area contributed by atoms with Crippen LogP contribution >= 0.6 is 0 Å². The summed E-state index contributed by atoms with van der Waals surface area (Å²) in [5.74, 6) is 0.397. The van der Waals surface area contributed by atoms with Crippen molar-refractivity contribution in [2.45, 2.75) is 25.2 Å². The van der Waals surface area contributed by atoms with Crippen molar-refractivity contribution in [3.63, 3.8) is 0 Å². The molecule has 0 amide bonds. The standard InChI is InChI=1S/C15H18N2O/c18-15-13(11-5-3-8-16-9-7-11)10-12-4-1-2-6-14(12)17-15/h1-2,4,6,10-11,16H,3,5,7-9H2,(H,17,18). The van der Waals surface area contributed by atoms with E-state index in [1.807, 2.05) is 18.2 Å². The van der Waals surface area contributed by atoms with Gasteiger partial charge in [0.05, 0.1) is 0 Å². The number of fused-ring (bicyclic) bond motifs is 1. The molecule has 3 heteroatoms. The first-order chi connectivity index (χ1) is 8.84. The lowest BCUT2D eigenvalue weighted by Gasteiger charge is -2.13. The van der Waals surface area contributed by atoms with E-state index in [4.69, 9.17) is 0 Å². The van der Waals surface area contributed by atoms with Crippen LogP contribution in [0.3, 0.4) is 0 Å². The van der Waals surface area contributed by atoms with E-state index in [1.54, 1.807) is 0 Å². The van der Waals surface area contributed by atoms with Crippen LogP contribution in [0.1, 0.15) is 30.7 Å². The molecule has 1 atom stereocenters. The minimum Gasteiger partial charge on any atom is -0.322 e. The molecule has 1 aliphatic rings.